The highest BCUT2D eigenvalue weighted by Crippen LogP contribution is 2.24. The standard InChI is InChI=1S/C21H23N5O6/c1-21(2,3)31-20(30)24-10-6-7-13(11-24)25-12-22-16(23-25)19(29)32-26-17(27)14-8-4-5-9-15(14)18(26)28/h4-5,8-9,12-13H,6-7,10-11H2,1-3H3. The first-order valence-corrected chi connectivity index (χ1v) is 10.2. The van der Waals surface area contributed by atoms with Crippen molar-refractivity contribution >= 4 is 23.9 Å². The smallest absolute Gasteiger partial charge is 0.410 e. The molecule has 1 unspecified atom stereocenters. The largest absolute Gasteiger partial charge is 0.444 e. The number of hydrogen-bond donors (Lipinski definition) is 0. The van der Waals surface area contributed by atoms with Crippen molar-refractivity contribution in [3.63, 3.8) is 0 Å². The summed E-state index contributed by atoms with van der Waals surface area (Å²) in [4.78, 5) is 60.1. The molecule has 1 aromatic heterocycles. The maximum Gasteiger partial charge on any atom is 0.410 e. The van der Waals surface area contributed by atoms with Gasteiger partial charge in [0.1, 0.15) is 11.9 Å². The first-order chi connectivity index (χ1) is 15.1. The van der Waals surface area contributed by atoms with Crippen LogP contribution in [0.1, 0.15) is 71.0 Å². The van der Waals surface area contributed by atoms with E-state index >= 15 is 0 Å². The molecule has 0 aliphatic carbocycles. The second-order valence-electron chi connectivity index (χ2n) is 8.60. The molecule has 0 saturated carbocycles. The Balaban J connectivity index is 1.41. The Kier molecular flexibility index (Phi) is 5.41. The van der Waals surface area contributed by atoms with Crippen LogP contribution in [0.15, 0.2) is 30.6 Å². The Hall–Kier alpha value is -3.76. The number of ether oxygens (including phenoxy) is 1. The van der Waals surface area contributed by atoms with Crippen LogP contribution in [0, 0.1) is 0 Å². The Labute approximate surface area is 183 Å². The fraction of sp³-hybridized carbons (Fsp3) is 0.429. The van der Waals surface area contributed by atoms with E-state index in [4.69, 9.17) is 9.57 Å². The van der Waals surface area contributed by atoms with E-state index in [1.165, 1.54) is 23.1 Å². The summed E-state index contributed by atoms with van der Waals surface area (Å²) < 4.78 is 6.91. The van der Waals surface area contributed by atoms with Crippen LogP contribution in [0.3, 0.4) is 0 Å². The zero-order chi connectivity index (χ0) is 23.0. The zero-order valence-electron chi connectivity index (χ0n) is 18.0. The number of imide groups is 1. The molecular weight excluding hydrogens is 418 g/mol. The van der Waals surface area contributed by atoms with E-state index < -0.39 is 29.5 Å². The lowest BCUT2D eigenvalue weighted by Crippen LogP contribution is -2.43. The monoisotopic (exact) mass is 441 g/mol. The summed E-state index contributed by atoms with van der Waals surface area (Å²) in [5.41, 5.74) is -0.278. The number of piperidine rings is 1. The molecule has 4 rings (SSSR count). The van der Waals surface area contributed by atoms with Gasteiger partial charge in [-0.15, -0.1) is 5.10 Å². The van der Waals surface area contributed by atoms with Gasteiger partial charge in [-0.05, 0) is 45.7 Å². The number of aromatic nitrogens is 3. The number of benzene rings is 1. The van der Waals surface area contributed by atoms with Gasteiger partial charge in [-0.25, -0.2) is 19.3 Å². The van der Waals surface area contributed by atoms with Gasteiger partial charge in [0.15, 0.2) is 0 Å². The second-order valence-corrected chi connectivity index (χ2v) is 8.60. The van der Waals surface area contributed by atoms with Gasteiger partial charge in [0.25, 0.3) is 17.6 Å². The third-order valence-corrected chi connectivity index (χ3v) is 5.04. The van der Waals surface area contributed by atoms with Gasteiger partial charge in [-0.1, -0.05) is 17.2 Å². The van der Waals surface area contributed by atoms with Crippen LogP contribution in [0.4, 0.5) is 4.79 Å². The van der Waals surface area contributed by atoms with Gasteiger partial charge >= 0.3 is 12.1 Å². The molecule has 1 saturated heterocycles. The third-order valence-electron chi connectivity index (χ3n) is 5.04. The van der Waals surface area contributed by atoms with E-state index in [0.717, 1.165) is 12.8 Å². The van der Waals surface area contributed by atoms with Crippen molar-refractivity contribution in [1.82, 2.24) is 24.7 Å². The predicted octanol–water partition coefficient (Wildman–Crippen LogP) is 2.22. The van der Waals surface area contributed by atoms with Crippen molar-refractivity contribution in [2.75, 3.05) is 13.1 Å². The normalized spacial score (nSPS) is 18.5. The van der Waals surface area contributed by atoms with Gasteiger partial charge in [-0.2, -0.15) is 0 Å². The summed E-state index contributed by atoms with van der Waals surface area (Å²) in [5.74, 6) is -2.77. The topological polar surface area (TPSA) is 124 Å². The van der Waals surface area contributed by atoms with Crippen LogP contribution in [0.25, 0.3) is 0 Å². The van der Waals surface area contributed by atoms with Crippen LogP contribution in [-0.4, -0.2) is 67.3 Å². The van der Waals surface area contributed by atoms with Crippen molar-refractivity contribution in [3.05, 3.63) is 47.5 Å². The van der Waals surface area contributed by atoms with E-state index in [-0.39, 0.29) is 23.0 Å². The maximum atomic E-state index is 12.5. The molecule has 0 radical (unpaired) electrons. The fourth-order valence-corrected chi connectivity index (χ4v) is 3.58. The molecule has 0 bridgehead atoms. The molecule has 1 atom stereocenters. The summed E-state index contributed by atoms with van der Waals surface area (Å²) in [6.45, 7) is 6.32. The van der Waals surface area contributed by atoms with Crippen molar-refractivity contribution < 1.29 is 28.8 Å². The van der Waals surface area contributed by atoms with E-state index in [1.54, 1.807) is 37.8 Å². The quantitative estimate of drug-likeness (QED) is 0.664. The highest BCUT2D eigenvalue weighted by Gasteiger charge is 2.39. The van der Waals surface area contributed by atoms with Crippen molar-refractivity contribution in [3.8, 4) is 0 Å². The van der Waals surface area contributed by atoms with Crippen LogP contribution >= 0.6 is 0 Å². The van der Waals surface area contributed by atoms with Gasteiger partial charge in [-0.3, -0.25) is 9.59 Å². The summed E-state index contributed by atoms with van der Waals surface area (Å²) in [7, 11) is 0. The van der Waals surface area contributed by atoms with Crippen molar-refractivity contribution in [2.24, 2.45) is 0 Å². The number of rotatable bonds is 3. The lowest BCUT2D eigenvalue weighted by Gasteiger charge is -2.33. The summed E-state index contributed by atoms with van der Waals surface area (Å²) in [5, 5.41) is 4.56. The molecule has 3 amide bonds. The fourth-order valence-electron chi connectivity index (χ4n) is 3.58. The molecule has 3 heterocycles. The SMILES string of the molecule is CC(C)(C)OC(=O)N1CCCC(n2cnc(C(=O)ON3C(=O)c4ccccc4C3=O)n2)C1. The number of fused-ring (bicyclic) bond motifs is 1. The molecule has 2 aliphatic rings. The van der Waals surface area contributed by atoms with E-state index in [2.05, 4.69) is 10.1 Å². The predicted molar refractivity (Wildman–Crippen MR) is 108 cm³/mol. The number of likely N-dealkylation sites (tertiary alicyclic amines) is 1. The molecule has 2 aliphatic heterocycles. The third kappa shape index (κ3) is 4.18. The van der Waals surface area contributed by atoms with E-state index in [0.29, 0.717) is 18.2 Å². The zero-order valence-corrected chi connectivity index (χ0v) is 18.0. The van der Waals surface area contributed by atoms with Crippen LogP contribution in [0.2, 0.25) is 0 Å². The van der Waals surface area contributed by atoms with Crippen LogP contribution in [0.5, 0.6) is 0 Å². The van der Waals surface area contributed by atoms with Gasteiger partial charge in [0.05, 0.1) is 17.2 Å². The van der Waals surface area contributed by atoms with E-state index in [1.807, 2.05) is 0 Å². The number of carbonyl (C=O) groups is 4. The minimum Gasteiger partial charge on any atom is -0.444 e. The minimum atomic E-state index is -1.03. The average molecular weight is 441 g/mol. The van der Waals surface area contributed by atoms with Crippen LogP contribution < -0.4 is 0 Å². The number of amides is 3. The summed E-state index contributed by atoms with van der Waals surface area (Å²) >= 11 is 0. The second kappa shape index (κ2) is 8.06. The van der Waals surface area contributed by atoms with Gasteiger partial charge in [0.2, 0.25) is 0 Å². The molecule has 168 valence electrons. The first kappa shape index (κ1) is 21.5. The van der Waals surface area contributed by atoms with Gasteiger partial charge < -0.3 is 14.5 Å². The Morgan fingerprint density at radius 3 is 2.38 bits per heavy atom. The van der Waals surface area contributed by atoms with Crippen LogP contribution in [-0.2, 0) is 9.57 Å². The molecular formula is C21H23N5O6. The molecule has 0 N–H and O–H groups in total. The van der Waals surface area contributed by atoms with Crippen molar-refractivity contribution in [2.45, 2.75) is 45.3 Å². The maximum absolute atomic E-state index is 12.5. The summed E-state index contributed by atoms with van der Waals surface area (Å²) in [6, 6.07) is 5.99. The highest BCUT2D eigenvalue weighted by molar-refractivity contribution is 6.21. The lowest BCUT2D eigenvalue weighted by atomic mass is 10.1. The number of hydroxylamine groups is 2. The molecule has 0 spiro atoms. The molecule has 11 nitrogen and oxygen atoms in total. The molecule has 11 heteroatoms. The average Bonchev–Trinajstić information content (AvgIpc) is 3.33. The van der Waals surface area contributed by atoms with Crippen molar-refractivity contribution in [1.29, 1.82) is 0 Å². The Morgan fingerprint density at radius 2 is 1.75 bits per heavy atom. The minimum absolute atomic E-state index is 0.160. The summed E-state index contributed by atoms with van der Waals surface area (Å²) in [6.07, 6.45) is 2.42. The number of nitrogens with zero attached hydrogens (tertiary/aromatic N) is 5. The molecule has 1 fully saturated rings. The highest BCUT2D eigenvalue weighted by atomic mass is 16.7. The van der Waals surface area contributed by atoms with Gasteiger partial charge in [0, 0.05) is 13.1 Å². The number of hydrogen-bond acceptors (Lipinski definition) is 8. The first-order valence-electron chi connectivity index (χ1n) is 10.2. The lowest BCUT2D eigenvalue weighted by molar-refractivity contribution is -0.0593. The molecule has 2 aromatic rings. The Bertz CT molecular complexity index is 1050. The molecule has 1 aromatic carbocycles. The Morgan fingerprint density at radius 1 is 1.09 bits per heavy atom. The number of carbonyl (C=O) groups excluding carboxylic acids is 4. The van der Waals surface area contributed by atoms with E-state index in [9.17, 15) is 19.2 Å². The molecule has 32 heavy (non-hydrogen) atoms.